The lowest BCUT2D eigenvalue weighted by Gasteiger charge is -2.24. The summed E-state index contributed by atoms with van der Waals surface area (Å²) < 4.78 is 67.2. The highest BCUT2D eigenvalue weighted by atomic mass is 16.6. The molecule has 3 rings (SSSR count). The number of hydrogen-bond donors (Lipinski definition) is 7. The van der Waals surface area contributed by atoms with E-state index in [2.05, 4.69) is 90.2 Å². The molecule has 44 nitrogen and oxygen atoms in total. The minimum Gasteiger partial charge on any atom is -0.464 e. The van der Waals surface area contributed by atoms with Crippen LogP contribution in [0.2, 0.25) is 0 Å². The number of ketones is 7. The number of rotatable bonds is 56. The van der Waals surface area contributed by atoms with Gasteiger partial charge in [0.15, 0.2) is 36.3 Å². The summed E-state index contributed by atoms with van der Waals surface area (Å²) in [6.07, 6.45) is 9.95. The molecule has 44 heteroatoms. The van der Waals surface area contributed by atoms with Crippen molar-refractivity contribution in [3.63, 3.8) is 0 Å². The third-order valence-electron chi connectivity index (χ3n) is 18.2. The van der Waals surface area contributed by atoms with Gasteiger partial charge in [0.2, 0.25) is 46.6 Å². The Morgan fingerprint density at radius 1 is 0.434 bits per heavy atom. The minimum atomic E-state index is -1.14. The number of allylic oxidation sites excluding steroid dienone is 1. The fourth-order valence-electron chi connectivity index (χ4n) is 12.0. The van der Waals surface area contributed by atoms with E-state index in [0.29, 0.717) is 43.9 Å². The second kappa shape index (κ2) is 69.3. The number of carbonyl (C=O) groups is 17. The van der Waals surface area contributed by atoms with Gasteiger partial charge in [0.1, 0.15) is 41.8 Å². The number of aryl methyl sites for hydroxylation is 2. The second-order valence-corrected chi connectivity index (χ2v) is 33.4. The van der Waals surface area contributed by atoms with Crippen molar-refractivity contribution < 1.29 is 137 Å². The largest absolute Gasteiger partial charge is 0.519 e. The standard InChI is InChI=1S/C23H39N3O5.C22H37N3O5.C17H23N3O4.C16H20N2O8.C14H17N3O8/c1-14(2)10-17(12-21(28)19(24)11-15(3)4)22(29)26-20(23(30)31-16(5)6)9-8-18(27)13-25-7;1-7-30-22(29)19(9-8-17(26)13-24-6)25-21(28)16(10-14(2)3)12-20(27)18(23)11-15(4)5;1-12(2)24-17(23)15(8-7-14(21)10-18-3)19-16(22)13-6-5-9-20(4)11-13;1-9(2)24-14(20)12(6-5-11(19)7-17-4)18-15(21)23-8-13-10(3)25-16(22)26-13;1-3-22-12(19)10(5-4-9(18)6-16-15)17-13(20)23-7-11-8(2)24-14(21)25-11/h13-17,19-20H,7-12,24H2,1-6H3;13-16,18-19H,6-12,23H2,1-5H3;5,9-12,15H,3,6-8H2,1-2,4H3;7,9,12H,4-6,8H2,1-3H3;6,10H,3-5,7H2,1-2H3,(H,17,20)/p+4/t17-,19+,20+;16-,18+,19+;15-;12-;10-/m11000/s1. The van der Waals surface area contributed by atoms with E-state index < -0.39 is 132 Å². The first-order valence-corrected chi connectivity index (χ1v) is 44.4. The van der Waals surface area contributed by atoms with Crippen LogP contribution in [0.4, 0.5) is 9.59 Å². The molecule has 1 aliphatic rings. The Morgan fingerprint density at radius 3 is 1.00 bits per heavy atom. The van der Waals surface area contributed by atoms with E-state index in [9.17, 15) is 91.1 Å². The van der Waals surface area contributed by atoms with Crippen molar-refractivity contribution in [3.8, 4) is 0 Å². The van der Waals surface area contributed by atoms with Gasteiger partial charge in [0.05, 0.1) is 43.6 Å². The number of hydrogen-bond acceptors (Lipinski definition) is 33. The number of nitrogens with one attached hydrogen (secondary N) is 5. The van der Waals surface area contributed by atoms with Crippen molar-refractivity contribution in [3.05, 3.63) is 73.9 Å². The lowest BCUT2D eigenvalue weighted by atomic mass is 9.88. The van der Waals surface area contributed by atoms with E-state index in [4.69, 9.17) is 54.6 Å². The number of nitrogens with two attached hydrogens (primary N) is 2. The van der Waals surface area contributed by atoms with Gasteiger partial charge in [-0.05, 0) is 163 Å². The van der Waals surface area contributed by atoms with Crippen molar-refractivity contribution in [1.29, 1.82) is 0 Å². The van der Waals surface area contributed by atoms with Crippen molar-refractivity contribution in [2.45, 2.75) is 308 Å². The SMILES string of the molecule is C=[N+]=CC(=O)CC[C@H](NC(=O)C1=CN(C)C=CC1)C(=O)OC(C)C.C=[N+]=CC(=O)CC[C@H](NC(=O)OCc1oc(=O)oc1C)C(=O)OC(C)C.C=[N+]=CC(=O)CC[C@H](NC(=O)[C@@H](CC(=O)[C@@H](N)CC(C)C)CC(C)C)C(=O)OC(C)C.C=[N+]=CC(=O)CC[C@H](NC(=O)[C@@H](CC(=O)[C@@H](N)CC(C)C)CC(C)C)C(=O)OCC.CCOC(=O)[C@H](CCC(=O)C=[N+]=[N-])NC(=O)OCc1oc(=O)oc1C. The zero-order valence-electron chi connectivity index (χ0n) is 81.6. The molecular weight excluding hydrogens is 1780 g/mol. The van der Waals surface area contributed by atoms with E-state index in [1.54, 1.807) is 66.5 Å². The van der Waals surface area contributed by atoms with E-state index in [0.717, 1.165) is 24.9 Å². The van der Waals surface area contributed by atoms with Gasteiger partial charge < -0.3 is 99.3 Å². The maximum Gasteiger partial charge on any atom is 0.519 e. The molecule has 9 N–H and O–H groups in total. The normalized spacial score (nSPS) is 13.0. The average Bonchev–Trinajstić information content (AvgIpc) is 1.36. The first kappa shape index (κ1) is 124. The van der Waals surface area contributed by atoms with Gasteiger partial charge in [0, 0.05) is 75.6 Å². The summed E-state index contributed by atoms with van der Waals surface area (Å²) >= 11 is 0. The highest BCUT2D eigenvalue weighted by Gasteiger charge is 2.35. The van der Waals surface area contributed by atoms with Crippen LogP contribution in [-0.4, -0.2) is 249 Å². The molecule has 2 aromatic heterocycles. The molecule has 5 amide bonds. The maximum atomic E-state index is 13.0. The molecule has 0 fully saturated rings. The Balaban J connectivity index is 0. The first-order chi connectivity index (χ1) is 63.8. The smallest absolute Gasteiger partial charge is 0.464 e. The van der Waals surface area contributed by atoms with Gasteiger partial charge >= 0.3 is 84.8 Å². The molecule has 0 saturated carbocycles. The molecule has 0 radical (unpaired) electrons. The molecule has 136 heavy (non-hydrogen) atoms. The monoisotopic (exact) mass is 1920 g/mol. The summed E-state index contributed by atoms with van der Waals surface area (Å²) in [5, 5.41) is 12.6. The fourth-order valence-corrected chi connectivity index (χ4v) is 12.0. The zero-order valence-corrected chi connectivity index (χ0v) is 81.6. The average molecular weight is 1920 g/mol. The molecule has 0 unspecified atom stereocenters. The topological polar surface area (TPSA) is 650 Å². The molecular formula is C92H140N14O30+4. The predicted molar refractivity (Wildman–Crippen MR) is 503 cm³/mol. The molecule has 2 aromatic rings. The Bertz CT molecular complexity index is 4740. The van der Waals surface area contributed by atoms with Crippen molar-refractivity contribution in [1.82, 2.24) is 50.2 Å². The summed E-state index contributed by atoms with van der Waals surface area (Å²) in [6, 6.07) is -6.33. The van der Waals surface area contributed by atoms with Crippen LogP contribution in [0.3, 0.4) is 0 Å². The molecule has 0 saturated heterocycles. The molecule has 0 aliphatic carbocycles. The van der Waals surface area contributed by atoms with Gasteiger partial charge in [-0.2, -0.15) is 4.79 Å². The van der Waals surface area contributed by atoms with Crippen LogP contribution in [0.15, 0.2) is 51.3 Å². The number of ether oxygens (including phenoxy) is 7. The fraction of sp³-hybridized carbons (Fsp3) is 0.609. The van der Waals surface area contributed by atoms with Crippen LogP contribution in [0.25, 0.3) is 5.53 Å². The van der Waals surface area contributed by atoms with E-state index in [1.807, 2.05) is 74.7 Å². The van der Waals surface area contributed by atoms with Crippen LogP contribution < -0.4 is 68.4 Å². The molecule has 0 spiro atoms. The zero-order chi connectivity index (χ0) is 104. The van der Waals surface area contributed by atoms with E-state index in [-0.39, 0.29) is 203 Å². The number of amides is 5. The van der Waals surface area contributed by atoms with E-state index >= 15 is 0 Å². The van der Waals surface area contributed by atoms with Gasteiger partial charge in [-0.25, -0.2) is 43.2 Å². The Hall–Kier alpha value is -13.6. The summed E-state index contributed by atoms with van der Waals surface area (Å²) in [7, 11) is 1.81. The number of carbonyl (C=O) groups excluding carboxylic acids is 17. The molecule has 754 valence electrons. The first-order valence-electron chi connectivity index (χ1n) is 44.4. The Labute approximate surface area is 790 Å². The molecule has 1 aliphatic heterocycles. The van der Waals surface area contributed by atoms with E-state index in [1.165, 1.54) is 13.8 Å². The van der Waals surface area contributed by atoms with Crippen LogP contribution >= 0.6 is 0 Å². The maximum absolute atomic E-state index is 13.0. The van der Waals surface area contributed by atoms with Crippen LogP contribution in [0, 0.1) is 49.4 Å². The van der Waals surface area contributed by atoms with Crippen molar-refractivity contribution in [2.24, 2.45) is 47.0 Å². The summed E-state index contributed by atoms with van der Waals surface area (Å²) in [4.78, 5) is 232. The quantitative estimate of drug-likeness (QED) is 0.0163. The molecule has 9 atom stereocenters. The Kier molecular flexibility index (Phi) is 63.4. The van der Waals surface area contributed by atoms with Crippen molar-refractivity contribution in [2.75, 3.05) is 20.3 Å². The highest BCUT2D eigenvalue weighted by Crippen LogP contribution is 2.23. The number of nitrogens with zero attached hydrogens (tertiary/aromatic N) is 7. The van der Waals surface area contributed by atoms with Gasteiger partial charge in [-0.1, -0.05) is 61.5 Å². The third-order valence-corrected chi connectivity index (χ3v) is 18.2. The van der Waals surface area contributed by atoms with Gasteiger partial charge in [0.25, 0.3) is 26.9 Å². The van der Waals surface area contributed by atoms with Crippen LogP contribution in [0.1, 0.15) is 243 Å². The van der Waals surface area contributed by atoms with Gasteiger partial charge in [-0.15, -0.1) is 18.7 Å². The third kappa shape index (κ3) is 57.7. The molecule has 0 bridgehead atoms. The van der Waals surface area contributed by atoms with Crippen LogP contribution in [0.5, 0.6) is 0 Å². The lowest BCUT2D eigenvalue weighted by molar-refractivity contribution is -0.152. The lowest BCUT2D eigenvalue weighted by Crippen LogP contribution is -2.46. The Morgan fingerprint density at radius 2 is 0.728 bits per heavy atom. The molecule has 0 aromatic carbocycles. The van der Waals surface area contributed by atoms with Crippen molar-refractivity contribution >= 4 is 158 Å². The summed E-state index contributed by atoms with van der Waals surface area (Å²) in [6.45, 7) is 44.4. The van der Waals surface area contributed by atoms with Crippen LogP contribution in [-0.2, 0) is 118 Å². The summed E-state index contributed by atoms with van der Waals surface area (Å²) in [5.74, 6) is -8.28. The predicted octanol–water partition coefficient (Wildman–Crippen LogP) is 3.79. The number of esters is 5. The second-order valence-electron chi connectivity index (χ2n) is 33.4. The molecule has 3 heterocycles. The summed E-state index contributed by atoms with van der Waals surface area (Å²) in [5.41, 5.74) is 20.8. The highest BCUT2D eigenvalue weighted by molar-refractivity contribution is 6.28. The van der Waals surface area contributed by atoms with Gasteiger partial charge in [-0.3, -0.25) is 47.9 Å². The number of Topliss-reactive ketones (excluding diaryl/α,β-unsaturated/α-hetero) is 7. The minimum absolute atomic E-state index is 0.00417. The number of alkyl carbamates (subject to hydrolysis) is 2.